The Hall–Kier alpha value is -3.24. The molecule has 2 rings (SSSR count). The molecule has 1 N–H and O–H groups in total. The summed E-state index contributed by atoms with van der Waals surface area (Å²) in [5.41, 5.74) is -0.202. The number of benzene rings is 1. The second-order valence-corrected chi connectivity index (χ2v) is 6.06. The molecule has 0 bridgehead atoms. The average Bonchev–Trinajstić information content (AvgIpc) is 2.68. The lowest BCUT2D eigenvalue weighted by molar-refractivity contribution is -0.137. The van der Waals surface area contributed by atoms with Gasteiger partial charge in [-0.3, -0.25) is 4.90 Å². The highest BCUT2D eigenvalue weighted by Crippen LogP contribution is 2.31. The number of carbonyl (C=O) groups is 3. The number of hydrogen-bond acceptors (Lipinski definition) is 5. The summed E-state index contributed by atoms with van der Waals surface area (Å²) in [6.07, 6.45) is -0.0844. The topological polar surface area (TPSA) is 96.4 Å². The van der Waals surface area contributed by atoms with Gasteiger partial charge in [-0.1, -0.05) is 6.08 Å². The van der Waals surface area contributed by atoms with Gasteiger partial charge in [0.2, 0.25) is 0 Å². The molecule has 8 nitrogen and oxygen atoms in total. The van der Waals surface area contributed by atoms with E-state index < -0.39 is 47.7 Å². The highest BCUT2D eigenvalue weighted by Gasteiger charge is 2.40. The van der Waals surface area contributed by atoms with E-state index in [1.807, 2.05) is 0 Å². The number of carbonyl (C=O) groups excluding carboxylic acids is 2. The second-order valence-electron chi connectivity index (χ2n) is 6.06. The summed E-state index contributed by atoms with van der Waals surface area (Å²) in [5, 5.41) is 9.66. The number of methoxy groups -OCH3 is 1. The van der Waals surface area contributed by atoms with E-state index in [0.717, 1.165) is 23.0 Å². The lowest BCUT2D eigenvalue weighted by atomic mass is 9.98. The molecule has 1 aromatic carbocycles. The number of hydrogen-bond donors (Lipinski definition) is 1. The average molecular weight is 416 g/mol. The fourth-order valence-corrected chi connectivity index (χ4v) is 3.04. The van der Waals surface area contributed by atoms with E-state index in [9.17, 15) is 32.7 Å². The first-order chi connectivity index (χ1) is 13.7. The van der Waals surface area contributed by atoms with Crippen molar-refractivity contribution in [1.82, 2.24) is 9.80 Å². The summed E-state index contributed by atoms with van der Waals surface area (Å²) in [7, 11) is 1.11. The SMILES string of the molecule is CCOC(=O)C=CC1CN(C(=O)OC)CC(c2cc(F)c(F)c(F)c2)N1C(=O)O. The predicted molar refractivity (Wildman–Crippen MR) is 92.5 cm³/mol. The first-order valence-electron chi connectivity index (χ1n) is 8.53. The monoisotopic (exact) mass is 416 g/mol. The van der Waals surface area contributed by atoms with Crippen molar-refractivity contribution in [3.8, 4) is 0 Å². The van der Waals surface area contributed by atoms with Crippen LogP contribution in [0.4, 0.5) is 22.8 Å². The summed E-state index contributed by atoms with van der Waals surface area (Å²) in [4.78, 5) is 37.4. The first kappa shape index (κ1) is 22.1. The van der Waals surface area contributed by atoms with Gasteiger partial charge in [-0.15, -0.1) is 0 Å². The molecule has 1 aromatic rings. The number of ether oxygens (including phenoxy) is 2. The Morgan fingerprint density at radius 3 is 2.34 bits per heavy atom. The smallest absolute Gasteiger partial charge is 0.409 e. The van der Waals surface area contributed by atoms with Crippen molar-refractivity contribution in [1.29, 1.82) is 0 Å². The molecule has 2 unspecified atom stereocenters. The summed E-state index contributed by atoms with van der Waals surface area (Å²) in [5.74, 6) is -5.43. The molecule has 29 heavy (non-hydrogen) atoms. The van der Waals surface area contributed by atoms with Gasteiger partial charge in [0, 0.05) is 19.2 Å². The molecule has 158 valence electrons. The van der Waals surface area contributed by atoms with Crippen LogP contribution < -0.4 is 0 Å². The molecule has 0 spiro atoms. The molecular weight excluding hydrogens is 397 g/mol. The van der Waals surface area contributed by atoms with Crippen LogP contribution in [0.15, 0.2) is 24.3 Å². The molecule has 1 fully saturated rings. The normalized spacial score (nSPS) is 19.3. The lowest BCUT2D eigenvalue weighted by Gasteiger charge is -2.44. The number of rotatable bonds is 4. The molecule has 1 aliphatic rings. The van der Waals surface area contributed by atoms with Gasteiger partial charge in [0.15, 0.2) is 17.5 Å². The number of piperazine rings is 1. The third-order valence-corrected chi connectivity index (χ3v) is 4.28. The van der Waals surface area contributed by atoms with Gasteiger partial charge in [0.1, 0.15) is 0 Å². The molecule has 0 aliphatic carbocycles. The fourth-order valence-electron chi connectivity index (χ4n) is 3.04. The van der Waals surface area contributed by atoms with E-state index in [0.29, 0.717) is 12.1 Å². The van der Waals surface area contributed by atoms with Gasteiger partial charge in [-0.05, 0) is 24.6 Å². The molecule has 2 atom stereocenters. The maximum atomic E-state index is 13.7. The van der Waals surface area contributed by atoms with Crippen LogP contribution in [-0.2, 0) is 14.3 Å². The third-order valence-electron chi connectivity index (χ3n) is 4.28. The summed E-state index contributed by atoms with van der Waals surface area (Å²) < 4.78 is 50.2. The van der Waals surface area contributed by atoms with Crippen LogP contribution in [0.1, 0.15) is 18.5 Å². The van der Waals surface area contributed by atoms with E-state index in [2.05, 4.69) is 4.74 Å². The minimum atomic E-state index is -1.70. The van der Waals surface area contributed by atoms with Gasteiger partial charge in [0.25, 0.3) is 0 Å². The Labute approximate surface area is 164 Å². The molecule has 2 amide bonds. The van der Waals surface area contributed by atoms with Crippen molar-refractivity contribution in [2.75, 3.05) is 26.8 Å². The maximum Gasteiger partial charge on any atom is 0.409 e. The van der Waals surface area contributed by atoms with Crippen LogP contribution in [0, 0.1) is 17.5 Å². The zero-order valence-electron chi connectivity index (χ0n) is 15.6. The van der Waals surface area contributed by atoms with Crippen molar-refractivity contribution in [2.45, 2.75) is 19.0 Å². The van der Waals surface area contributed by atoms with E-state index in [1.54, 1.807) is 6.92 Å². The number of carboxylic acid groups (broad SMARTS) is 1. The third kappa shape index (κ3) is 4.98. The van der Waals surface area contributed by atoms with Crippen LogP contribution in [0.3, 0.4) is 0 Å². The highest BCUT2D eigenvalue weighted by molar-refractivity contribution is 5.82. The quantitative estimate of drug-likeness (QED) is 0.461. The van der Waals surface area contributed by atoms with Gasteiger partial charge in [0.05, 0.1) is 25.8 Å². The molecule has 0 radical (unpaired) electrons. The molecular formula is C18H19F3N2O6. The van der Waals surface area contributed by atoms with E-state index >= 15 is 0 Å². The minimum Gasteiger partial charge on any atom is -0.465 e. The van der Waals surface area contributed by atoms with Crippen LogP contribution >= 0.6 is 0 Å². The maximum absolute atomic E-state index is 13.7. The number of halogens is 3. The standard InChI is InChI=1S/C18H19F3N2O6/c1-3-29-15(24)5-4-11-8-22(18(27)28-2)9-14(23(11)17(25)26)10-6-12(19)16(21)13(20)7-10/h4-7,11,14H,3,8-9H2,1-2H3,(H,25,26). The number of amides is 2. The van der Waals surface area contributed by atoms with E-state index in [1.165, 1.54) is 6.08 Å². The van der Waals surface area contributed by atoms with Crippen molar-refractivity contribution < 1.29 is 42.1 Å². The Balaban J connectivity index is 2.49. The minimum absolute atomic E-state index is 0.0987. The Bertz CT molecular complexity index is 809. The van der Waals surface area contributed by atoms with Crippen LogP contribution in [-0.4, -0.2) is 65.9 Å². The summed E-state index contributed by atoms with van der Waals surface area (Å²) in [6.45, 7) is 1.20. The summed E-state index contributed by atoms with van der Waals surface area (Å²) >= 11 is 0. The van der Waals surface area contributed by atoms with Crippen molar-refractivity contribution >= 4 is 18.2 Å². The zero-order valence-corrected chi connectivity index (χ0v) is 15.6. The van der Waals surface area contributed by atoms with E-state index in [-0.39, 0.29) is 25.3 Å². The molecule has 1 aliphatic heterocycles. The number of nitrogens with zero attached hydrogens (tertiary/aromatic N) is 2. The van der Waals surface area contributed by atoms with Crippen LogP contribution in [0.2, 0.25) is 0 Å². The fraction of sp³-hybridized carbons (Fsp3) is 0.389. The Morgan fingerprint density at radius 2 is 1.83 bits per heavy atom. The van der Waals surface area contributed by atoms with Gasteiger partial charge >= 0.3 is 18.2 Å². The molecule has 0 saturated carbocycles. The predicted octanol–water partition coefficient (Wildman–Crippen LogP) is 2.69. The molecule has 1 heterocycles. The Morgan fingerprint density at radius 1 is 1.21 bits per heavy atom. The molecule has 0 aromatic heterocycles. The van der Waals surface area contributed by atoms with Gasteiger partial charge < -0.3 is 19.5 Å². The number of esters is 1. The lowest BCUT2D eigenvalue weighted by Crippen LogP contribution is -2.57. The van der Waals surface area contributed by atoms with Crippen molar-refractivity contribution in [3.05, 3.63) is 47.3 Å². The molecule has 1 saturated heterocycles. The van der Waals surface area contributed by atoms with Gasteiger partial charge in [-0.25, -0.2) is 27.6 Å². The first-order valence-corrected chi connectivity index (χ1v) is 8.53. The highest BCUT2D eigenvalue weighted by atomic mass is 19.2. The largest absolute Gasteiger partial charge is 0.465 e. The zero-order chi connectivity index (χ0) is 21.7. The van der Waals surface area contributed by atoms with E-state index in [4.69, 9.17) is 4.74 Å². The van der Waals surface area contributed by atoms with Crippen molar-refractivity contribution in [2.24, 2.45) is 0 Å². The van der Waals surface area contributed by atoms with Gasteiger partial charge in [-0.2, -0.15) is 0 Å². The molecule has 11 heteroatoms. The summed E-state index contributed by atoms with van der Waals surface area (Å²) in [6, 6.07) is -0.995. The Kier molecular flexibility index (Phi) is 7.08. The van der Waals surface area contributed by atoms with Crippen LogP contribution in [0.5, 0.6) is 0 Å². The van der Waals surface area contributed by atoms with Crippen LogP contribution in [0.25, 0.3) is 0 Å². The van der Waals surface area contributed by atoms with Crippen molar-refractivity contribution in [3.63, 3.8) is 0 Å². The second kappa shape index (κ2) is 9.30.